The Morgan fingerprint density at radius 2 is 2.00 bits per heavy atom. The minimum Gasteiger partial charge on any atom is -0.465 e. The Labute approximate surface area is 179 Å². The van der Waals surface area contributed by atoms with E-state index in [-0.39, 0.29) is 12.6 Å². The first-order chi connectivity index (χ1) is 13.9. The third-order valence-corrected chi connectivity index (χ3v) is 6.17. The van der Waals surface area contributed by atoms with E-state index >= 15 is 0 Å². The van der Waals surface area contributed by atoms with Crippen molar-refractivity contribution in [1.82, 2.24) is 0 Å². The predicted octanol–water partition coefficient (Wildman–Crippen LogP) is 4.65. The molecule has 8 heteroatoms. The van der Waals surface area contributed by atoms with Crippen LogP contribution in [0.4, 0.5) is 10.7 Å². The Morgan fingerprint density at radius 1 is 1.24 bits per heavy atom. The highest BCUT2D eigenvalue weighted by Gasteiger charge is 2.28. The van der Waals surface area contributed by atoms with Crippen LogP contribution in [0, 0.1) is 5.92 Å². The molecule has 0 aliphatic heterocycles. The molecule has 1 aliphatic carbocycles. The number of esters is 2. The van der Waals surface area contributed by atoms with Crippen LogP contribution in [0.1, 0.15) is 51.4 Å². The monoisotopic (exact) mass is 432 g/mol. The van der Waals surface area contributed by atoms with E-state index in [0.29, 0.717) is 32.8 Å². The fourth-order valence-corrected chi connectivity index (χ4v) is 5.07. The molecule has 0 saturated carbocycles. The number of rotatable bonds is 5. The van der Waals surface area contributed by atoms with Gasteiger partial charge >= 0.3 is 11.9 Å². The summed E-state index contributed by atoms with van der Waals surface area (Å²) < 4.78 is 10.1. The predicted molar refractivity (Wildman–Crippen MR) is 119 cm³/mol. The van der Waals surface area contributed by atoms with Gasteiger partial charge in [-0.3, -0.25) is 0 Å². The Balaban J connectivity index is 1.83. The Hall–Kier alpha value is -2.45. The highest BCUT2D eigenvalue weighted by Crippen LogP contribution is 2.40. The quantitative estimate of drug-likeness (QED) is 0.526. The van der Waals surface area contributed by atoms with Crippen molar-refractivity contribution >= 4 is 51.3 Å². The molecule has 3 rings (SSSR count). The summed E-state index contributed by atoms with van der Waals surface area (Å²) in [5.74, 6) is -0.204. The number of thiocarbonyl (C=S) groups is 1. The van der Waals surface area contributed by atoms with Crippen LogP contribution in [0.2, 0.25) is 0 Å². The minimum atomic E-state index is -0.422. The van der Waals surface area contributed by atoms with E-state index in [1.54, 1.807) is 31.2 Å². The van der Waals surface area contributed by atoms with Gasteiger partial charge in [-0.05, 0) is 62.0 Å². The summed E-state index contributed by atoms with van der Waals surface area (Å²) in [4.78, 5) is 25.8. The van der Waals surface area contributed by atoms with E-state index in [9.17, 15) is 9.59 Å². The third-order valence-electron chi connectivity index (χ3n) is 4.80. The van der Waals surface area contributed by atoms with Crippen LogP contribution in [0.15, 0.2) is 24.3 Å². The molecule has 0 saturated heterocycles. The van der Waals surface area contributed by atoms with Gasteiger partial charge in [0.05, 0.1) is 30.5 Å². The summed E-state index contributed by atoms with van der Waals surface area (Å²) in [6, 6.07) is 6.99. The van der Waals surface area contributed by atoms with E-state index < -0.39 is 5.97 Å². The third kappa shape index (κ3) is 4.76. The molecule has 6 nitrogen and oxygen atoms in total. The number of para-hydroxylation sites is 1. The van der Waals surface area contributed by atoms with Gasteiger partial charge in [-0.2, -0.15) is 0 Å². The normalized spacial score (nSPS) is 15.2. The van der Waals surface area contributed by atoms with Crippen molar-refractivity contribution in [2.24, 2.45) is 5.92 Å². The summed E-state index contributed by atoms with van der Waals surface area (Å²) in [5, 5.41) is 7.13. The zero-order chi connectivity index (χ0) is 21.0. The smallest absolute Gasteiger partial charge is 0.341 e. The number of ether oxygens (including phenoxy) is 2. The number of fused-ring (bicyclic) bond motifs is 1. The molecule has 0 radical (unpaired) electrons. The molecular weight excluding hydrogens is 408 g/mol. The molecule has 1 aliphatic rings. The highest BCUT2D eigenvalue weighted by molar-refractivity contribution is 7.80. The van der Waals surface area contributed by atoms with Crippen LogP contribution in [0.5, 0.6) is 0 Å². The standard InChI is InChI=1S/C21H24N2O4S2/c1-4-27-19(24)13-7-5-6-8-15(13)22-21(28)23-18-17(20(25)26-3)14-10-9-12(2)11-16(14)29-18/h5-8,12H,4,9-11H2,1-3H3,(H2,22,23,28). The Bertz CT molecular complexity index is 939. The van der Waals surface area contributed by atoms with Crippen molar-refractivity contribution in [3.63, 3.8) is 0 Å². The van der Waals surface area contributed by atoms with Gasteiger partial charge in [0.1, 0.15) is 5.00 Å². The number of benzene rings is 1. The summed E-state index contributed by atoms with van der Waals surface area (Å²) >= 11 is 6.99. The SMILES string of the molecule is CCOC(=O)c1ccccc1NC(=S)Nc1sc2c(c1C(=O)OC)CCC(C)C2. The van der Waals surface area contributed by atoms with E-state index in [1.807, 2.05) is 0 Å². The summed E-state index contributed by atoms with van der Waals surface area (Å²) in [7, 11) is 1.38. The zero-order valence-electron chi connectivity index (χ0n) is 16.7. The summed E-state index contributed by atoms with van der Waals surface area (Å²) in [6.45, 7) is 4.26. The van der Waals surface area contributed by atoms with Crippen LogP contribution in [-0.2, 0) is 22.3 Å². The van der Waals surface area contributed by atoms with Gasteiger partial charge < -0.3 is 20.1 Å². The van der Waals surface area contributed by atoms with Crippen molar-refractivity contribution < 1.29 is 19.1 Å². The molecule has 1 aromatic carbocycles. The fourth-order valence-electron chi connectivity index (χ4n) is 3.39. The maximum absolute atomic E-state index is 12.4. The van der Waals surface area contributed by atoms with Crippen LogP contribution < -0.4 is 10.6 Å². The first-order valence-electron chi connectivity index (χ1n) is 9.51. The van der Waals surface area contributed by atoms with E-state index in [0.717, 1.165) is 24.8 Å². The van der Waals surface area contributed by atoms with Crippen molar-refractivity contribution in [2.45, 2.75) is 33.1 Å². The largest absolute Gasteiger partial charge is 0.465 e. The molecule has 154 valence electrons. The molecule has 1 heterocycles. The van der Waals surface area contributed by atoms with E-state index in [4.69, 9.17) is 21.7 Å². The summed E-state index contributed by atoms with van der Waals surface area (Å²) in [6.07, 6.45) is 2.84. The number of methoxy groups -OCH3 is 1. The average molecular weight is 433 g/mol. The van der Waals surface area contributed by atoms with Crippen LogP contribution in [0.3, 0.4) is 0 Å². The Morgan fingerprint density at radius 3 is 2.72 bits per heavy atom. The average Bonchev–Trinajstić information content (AvgIpc) is 3.04. The van der Waals surface area contributed by atoms with Gasteiger partial charge in [0.2, 0.25) is 0 Å². The topological polar surface area (TPSA) is 76.7 Å². The van der Waals surface area contributed by atoms with E-state index in [2.05, 4.69) is 17.6 Å². The molecule has 1 aromatic heterocycles. The second-order valence-electron chi connectivity index (χ2n) is 6.89. The number of anilines is 2. The molecule has 1 unspecified atom stereocenters. The lowest BCUT2D eigenvalue weighted by molar-refractivity contribution is 0.0526. The van der Waals surface area contributed by atoms with Crippen molar-refractivity contribution in [1.29, 1.82) is 0 Å². The Kier molecular flexibility index (Phi) is 6.87. The molecule has 2 N–H and O–H groups in total. The van der Waals surface area contributed by atoms with Crippen molar-refractivity contribution in [2.75, 3.05) is 24.4 Å². The van der Waals surface area contributed by atoms with Crippen LogP contribution in [0.25, 0.3) is 0 Å². The lowest BCUT2D eigenvalue weighted by Crippen LogP contribution is -2.22. The van der Waals surface area contributed by atoms with Crippen molar-refractivity contribution in [3.8, 4) is 0 Å². The van der Waals surface area contributed by atoms with Gasteiger partial charge in [0, 0.05) is 4.88 Å². The number of nitrogens with one attached hydrogen (secondary N) is 2. The number of hydrogen-bond donors (Lipinski definition) is 2. The molecular formula is C21H24N2O4S2. The molecule has 1 atom stereocenters. The second kappa shape index (κ2) is 9.37. The molecule has 2 aromatic rings. The lowest BCUT2D eigenvalue weighted by atomic mass is 9.88. The molecule has 0 spiro atoms. The maximum atomic E-state index is 12.4. The molecule has 29 heavy (non-hydrogen) atoms. The second-order valence-corrected chi connectivity index (χ2v) is 8.41. The number of thiophene rings is 1. The van der Waals surface area contributed by atoms with Gasteiger partial charge in [0.15, 0.2) is 5.11 Å². The number of carbonyl (C=O) groups excluding carboxylic acids is 2. The van der Waals surface area contributed by atoms with Crippen LogP contribution in [-0.4, -0.2) is 30.8 Å². The zero-order valence-corrected chi connectivity index (χ0v) is 18.3. The molecule has 0 fully saturated rings. The van der Waals surface area contributed by atoms with Gasteiger partial charge in [-0.15, -0.1) is 11.3 Å². The van der Waals surface area contributed by atoms with Gasteiger partial charge in [-0.25, -0.2) is 9.59 Å². The molecule has 0 bridgehead atoms. The van der Waals surface area contributed by atoms with E-state index in [1.165, 1.54) is 23.3 Å². The minimum absolute atomic E-state index is 0.289. The maximum Gasteiger partial charge on any atom is 0.341 e. The first-order valence-corrected chi connectivity index (χ1v) is 10.7. The number of carbonyl (C=O) groups is 2. The summed E-state index contributed by atoms with van der Waals surface area (Å²) in [5.41, 5.74) is 2.54. The number of hydrogen-bond acceptors (Lipinski definition) is 6. The molecule has 0 amide bonds. The van der Waals surface area contributed by atoms with Crippen molar-refractivity contribution in [3.05, 3.63) is 45.8 Å². The fraction of sp³-hybridized carbons (Fsp3) is 0.381. The lowest BCUT2D eigenvalue weighted by Gasteiger charge is -2.18. The van der Waals surface area contributed by atoms with Gasteiger partial charge in [-0.1, -0.05) is 19.1 Å². The highest BCUT2D eigenvalue weighted by atomic mass is 32.1. The van der Waals surface area contributed by atoms with Crippen LogP contribution >= 0.6 is 23.6 Å². The van der Waals surface area contributed by atoms with Gasteiger partial charge in [0.25, 0.3) is 0 Å². The first kappa shape index (κ1) is 21.3.